The quantitative estimate of drug-likeness (QED) is 0.916. The molecular formula is C17H17FN4O3. The van der Waals surface area contributed by atoms with Crippen LogP contribution in [0, 0.1) is 5.82 Å². The summed E-state index contributed by atoms with van der Waals surface area (Å²) >= 11 is 0. The third-order valence-electron chi connectivity index (χ3n) is 4.56. The minimum absolute atomic E-state index is 0.0152. The molecule has 1 saturated heterocycles. The van der Waals surface area contributed by atoms with Gasteiger partial charge in [-0.3, -0.25) is 14.8 Å². The highest BCUT2D eigenvalue weighted by Crippen LogP contribution is 2.28. The average Bonchev–Trinajstić information content (AvgIpc) is 3.20. The average molecular weight is 344 g/mol. The van der Waals surface area contributed by atoms with Gasteiger partial charge in [0, 0.05) is 36.3 Å². The lowest BCUT2D eigenvalue weighted by atomic mass is 10.0. The zero-order valence-electron chi connectivity index (χ0n) is 13.5. The van der Waals surface area contributed by atoms with E-state index in [1.807, 2.05) is 0 Å². The van der Waals surface area contributed by atoms with Crippen LogP contribution < -0.4 is 0 Å². The summed E-state index contributed by atoms with van der Waals surface area (Å²) < 4.78 is 18.4. The second-order valence-corrected chi connectivity index (χ2v) is 6.14. The van der Waals surface area contributed by atoms with Crippen LogP contribution in [0.15, 0.2) is 24.3 Å². The zero-order valence-corrected chi connectivity index (χ0v) is 13.5. The second-order valence-electron chi connectivity index (χ2n) is 6.14. The Morgan fingerprint density at radius 3 is 3.00 bits per heavy atom. The number of nitrogens with zero attached hydrogens (tertiary/aromatic N) is 3. The molecule has 7 nitrogen and oxygen atoms in total. The molecule has 2 aliphatic heterocycles. The molecule has 0 saturated carbocycles. The number of fused-ring (bicyclic) bond motifs is 1. The van der Waals surface area contributed by atoms with Crippen LogP contribution in [0.1, 0.15) is 11.3 Å². The highest BCUT2D eigenvalue weighted by molar-refractivity contribution is 5.83. The number of nitrogens with one attached hydrogen (secondary N) is 1. The summed E-state index contributed by atoms with van der Waals surface area (Å²) in [6.07, 6.45) is 0.197. The number of hydrogen-bond donors (Lipinski definition) is 1. The molecule has 0 radical (unpaired) electrons. The van der Waals surface area contributed by atoms with E-state index in [9.17, 15) is 14.0 Å². The van der Waals surface area contributed by atoms with Crippen LogP contribution in [-0.2, 0) is 22.5 Å². The highest BCUT2D eigenvalue weighted by Gasteiger charge is 2.30. The Morgan fingerprint density at radius 1 is 1.36 bits per heavy atom. The first kappa shape index (κ1) is 15.6. The predicted octanol–water partition coefficient (Wildman–Crippen LogP) is 1.55. The standard InChI is InChI=1S/C17H17FN4O3/c18-12-3-1-2-11(8-12)16-13-9-21(5-4-14(13)19-20-16)15(23)10-22-6-7-25-17(22)24/h1-3,8H,4-7,9-10H2,(H,19,20). The Labute approximate surface area is 143 Å². The number of rotatable bonds is 3. The molecule has 4 rings (SSSR count). The summed E-state index contributed by atoms with van der Waals surface area (Å²) in [4.78, 5) is 27.1. The molecule has 0 bridgehead atoms. The molecule has 1 aromatic carbocycles. The van der Waals surface area contributed by atoms with Crippen LogP contribution >= 0.6 is 0 Å². The highest BCUT2D eigenvalue weighted by atomic mass is 19.1. The van der Waals surface area contributed by atoms with Gasteiger partial charge in [-0.15, -0.1) is 0 Å². The topological polar surface area (TPSA) is 78.5 Å². The van der Waals surface area contributed by atoms with E-state index >= 15 is 0 Å². The number of cyclic esters (lactones) is 1. The molecular weight excluding hydrogens is 327 g/mol. The number of carbonyl (C=O) groups is 2. The normalized spacial score (nSPS) is 16.8. The lowest BCUT2D eigenvalue weighted by Gasteiger charge is -2.28. The number of aromatic nitrogens is 2. The predicted molar refractivity (Wildman–Crippen MR) is 86.0 cm³/mol. The molecule has 1 fully saturated rings. The summed E-state index contributed by atoms with van der Waals surface area (Å²) in [5.74, 6) is -0.457. The molecule has 0 spiro atoms. The van der Waals surface area contributed by atoms with Gasteiger partial charge in [0.15, 0.2) is 0 Å². The Kier molecular flexibility index (Phi) is 3.87. The van der Waals surface area contributed by atoms with Gasteiger partial charge >= 0.3 is 6.09 Å². The van der Waals surface area contributed by atoms with E-state index in [1.165, 1.54) is 17.0 Å². The van der Waals surface area contributed by atoms with E-state index in [4.69, 9.17) is 4.74 Å². The molecule has 8 heteroatoms. The number of amides is 2. The maximum atomic E-state index is 13.5. The molecule has 1 N–H and O–H groups in total. The summed E-state index contributed by atoms with van der Waals surface area (Å²) in [6.45, 7) is 1.71. The zero-order chi connectivity index (χ0) is 17.4. The Bertz CT molecular complexity index is 835. The lowest BCUT2D eigenvalue weighted by molar-refractivity contribution is -0.132. The van der Waals surface area contributed by atoms with Crippen LogP contribution in [-0.4, -0.2) is 58.2 Å². The van der Waals surface area contributed by atoms with Crippen molar-refractivity contribution in [2.45, 2.75) is 13.0 Å². The van der Waals surface area contributed by atoms with Crippen molar-refractivity contribution in [2.75, 3.05) is 26.2 Å². The molecule has 0 aliphatic carbocycles. The number of hydrogen-bond acceptors (Lipinski definition) is 4. The first-order valence-corrected chi connectivity index (χ1v) is 8.13. The van der Waals surface area contributed by atoms with E-state index in [-0.39, 0.29) is 18.3 Å². The van der Waals surface area contributed by atoms with Crippen molar-refractivity contribution >= 4 is 12.0 Å². The number of carbonyl (C=O) groups excluding carboxylic acids is 2. The Morgan fingerprint density at radius 2 is 2.24 bits per heavy atom. The maximum Gasteiger partial charge on any atom is 0.410 e. The SMILES string of the molecule is O=C(CN1CCOC1=O)N1CCc2[nH]nc(-c3cccc(F)c3)c2C1. The van der Waals surface area contributed by atoms with Crippen molar-refractivity contribution in [3.8, 4) is 11.3 Å². The van der Waals surface area contributed by atoms with Gasteiger partial charge in [-0.2, -0.15) is 5.10 Å². The van der Waals surface area contributed by atoms with Crippen molar-refractivity contribution in [1.82, 2.24) is 20.0 Å². The summed E-state index contributed by atoms with van der Waals surface area (Å²) in [5, 5.41) is 7.29. The fourth-order valence-electron chi connectivity index (χ4n) is 3.22. The fraction of sp³-hybridized carbons (Fsp3) is 0.353. The third-order valence-corrected chi connectivity index (χ3v) is 4.56. The minimum atomic E-state index is -0.449. The molecule has 0 atom stereocenters. The number of benzene rings is 1. The maximum absolute atomic E-state index is 13.5. The van der Waals surface area contributed by atoms with Gasteiger partial charge in [-0.1, -0.05) is 12.1 Å². The molecule has 25 heavy (non-hydrogen) atoms. The first-order valence-electron chi connectivity index (χ1n) is 8.13. The smallest absolute Gasteiger partial charge is 0.410 e. The molecule has 3 heterocycles. The van der Waals surface area contributed by atoms with Crippen LogP contribution in [0.5, 0.6) is 0 Å². The van der Waals surface area contributed by atoms with Crippen LogP contribution in [0.25, 0.3) is 11.3 Å². The van der Waals surface area contributed by atoms with Crippen molar-refractivity contribution in [1.29, 1.82) is 0 Å². The van der Waals surface area contributed by atoms with Crippen molar-refractivity contribution in [2.24, 2.45) is 0 Å². The summed E-state index contributed by atoms with van der Waals surface area (Å²) in [7, 11) is 0. The van der Waals surface area contributed by atoms with Crippen molar-refractivity contribution in [3.63, 3.8) is 0 Å². The molecule has 1 aromatic heterocycles. The van der Waals surface area contributed by atoms with E-state index in [0.717, 1.165) is 11.3 Å². The molecule has 2 aromatic rings. The molecule has 0 unspecified atom stereocenters. The van der Waals surface area contributed by atoms with Crippen molar-refractivity contribution < 1.29 is 18.7 Å². The van der Waals surface area contributed by atoms with Gasteiger partial charge in [-0.05, 0) is 12.1 Å². The van der Waals surface area contributed by atoms with Gasteiger partial charge in [0.05, 0.1) is 12.2 Å². The summed E-state index contributed by atoms with van der Waals surface area (Å²) in [5.41, 5.74) is 3.19. The monoisotopic (exact) mass is 344 g/mol. The Hall–Kier alpha value is -2.90. The fourth-order valence-corrected chi connectivity index (χ4v) is 3.22. The van der Waals surface area contributed by atoms with Crippen LogP contribution in [0.2, 0.25) is 0 Å². The van der Waals surface area contributed by atoms with Gasteiger partial charge in [-0.25, -0.2) is 9.18 Å². The van der Waals surface area contributed by atoms with Crippen LogP contribution in [0.4, 0.5) is 9.18 Å². The Balaban J connectivity index is 1.53. The molecule has 2 amide bonds. The van der Waals surface area contributed by atoms with Gasteiger partial charge in [0.25, 0.3) is 0 Å². The van der Waals surface area contributed by atoms with E-state index in [0.29, 0.717) is 43.9 Å². The van der Waals surface area contributed by atoms with Crippen LogP contribution in [0.3, 0.4) is 0 Å². The largest absolute Gasteiger partial charge is 0.448 e. The second kappa shape index (κ2) is 6.19. The first-order chi connectivity index (χ1) is 12.1. The number of aromatic amines is 1. The van der Waals surface area contributed by atoms with Gasteiger partial charge < -0.3 is 9.64 Å². The van der Waals surface area contributed by atoms with Gasteiger partial charge in [0.1, 0.15) is 19.0 Å². The lowest BCUT2D eigenvalue weighted by Crippen LogP contribution is -2.43. The minimum Gasteiger partial charge on any atom is -0.448 e. The number of H-pyrrole nitrogens is 1. The molecule has 2 aliphatic rings. The third kappa shape index (κ3) is 2.95. The van der Waals surface area contributed by atoms with Crippen molar-refractivity contribution in [3.05, 3.63) is 41.3 Å². The molecule has 130 valence electrons. The van der Waals surface area contributed by atoms with E-state index in [1.54, 1.807) is 17.0 Å². The van der Waals surface area contributed by atoms with Gasteiger partial charge in [0.2, 0.25) is 5.91 Å². The van der Waals surface area contributed by atoms with E-state index < -0.39 is 6.09 Å². The number of halogens is 1. The number of ether oxygens (including phenoxy) is 1. The summed E-state index contributed by atoms with van der Waals surface area (Å²) in [6, 6.07) is 6.24. The van der Waals surface area contributed by atoms with E-state index in [2.05, 4.69) is 10.2 Å².